The molecule has 1 N–H and O–H groups in total. The number of aromatic nitrogens is 2. The highest BCUT2D eigenvalue weighted by molar-refractivity contribution is 9.10. The van der Waals surface area contributed by atoms with Crippen LogP contribution in [0.3, 0.4) is 0 Å². The van der Waals surface area contributed by atoms with Crippen molar-refractivity contribution in [3.8, 4) is 0 Å². The minimum Gasteiger partial charge on any atom is -0.267 e. The van der Waals surface area contributed by atoms with Crippen LogP contribution in [0.5, 0.6) is 0 Å². The number of benzene rings is 1. The second-order valence-corrected chi connectivity index (χ2v) is 3.58. The fourth-order valence-corrected chi connectivity index (χ4v) is 1.65. The third-order valence-corrected chi connectivity index (χ3v) is 2.54. The van der Waals surface area contributed by atoms with E-state index < -0.39 is 4.92 Å². The van der Waals surface area contributed by atoms with Gasteiger partial charge < -0.3 is 0 Å². The summed E-state index contributed by atoms with van der Waals surface area (Å²) in [5.41, 5.74) is -0.446. The van der Waals surface area contributed by atoms with Gasteiger partial charge in [-0.3, -0.25) is 14.9 Å². The van der Waals surface area contributed by atoms with Crippen LogP contribution in [0.1, 0.15) is 0 Å². The van der Waals surface area contributed by atoms with Gasteiger partial charge in [-0.05, 0) is 22.0 Å². The maximum atomic E-state index is 11.3. The van der Waals surface area contributed by atoms with Crippen LogP contribution in [0.25, 0.3) is 10.8 Å². The van der Waals surface area contributed by atoms with Crippen LogP contribution in [0.2, 0.25) is 0 Å². The molecule has 1 aromatic heterocycles. The number of hydrogen-bond acceptors (Lipinski definition) is 4. The molecule has 15 heavy (non-hydrogen) atoms. The van der Waals surface area contributed by atoms with E-state index in [4.69, 9.17) is 0 Å². The number of halogens is 1. The van der Waals surface area contributed by atoms with Gasteiger partial charge in [0.05, 0.1) is 10.3 Å². The second kappa shape index (κ2) is 3.43. The largest absolute Gasteiger partial charge is 0.272 e. The standard InChI is InChI=1S/C8H4BrN3O3/c9-7-6-3-4(12(14)15)1-2-5(6)8(13)11-10-7/h1-3H,(H,11,13). The van der Waals surface area contributed by atoms with Crippen molar-refractivity contribution in [2.24, 2.45) is 0 Å². The first-order chi connectivity index (χ1) is 7.09. The molecule has 0 fully saturated rings. The number of H-pyrrole nitrogens is 1. The number of nitro groups is 1. The molecule has 1 heterocycles. The summed E-state index contributed by atoms with van der Waals surface area (Å²) in [7, 11) is 0. The zero-order chi connectivity index (χ0) is 11.0. The topological polar surface area (TPSA) is 88.9 Å². The van der Waals surface area contributed by atoms with Crippen LogP contribution >= 0.6 is 15.9 Å². The van der Waals surface area contributed by atoms with Crippen molar-refractivity contribution in [2.45, 2.75) is 0 Å². The van der Waals surface area contributed by atoms with Crippen molar-refractivity contribution < 1.29 is 4.92 Å². The third kappa shape index (κ3) is 1.61. The van der Waals surface area contributed by atoms with Crippen molar-refractivity contribution >= 4 is 32.4 Å². The van der Waals surface area contributed by atoms with Gasteiger partial charge in [0.15, 0.2) is 0 Å². The van der Waals surface area contributed by atoms with Crippen LogP contribution in [0.15, 0.2) is 27.6 Å². The summed E-state index contributed by atoms with van der Waals surface area (Å²) < 4.78 is 0.376. The Hall–Kier alpha value is -1.76. The number of fused-ring (bicyclic) bond motifs is 1. The summed E-state index contributed by atoms with van der Waals surface area (Å²) >= 11 is 3.11. The zero-order valence-electron chi connectivity index (χ0n) is 7.23. The highest BCUT2D eigenvalue weighted by Crippen LogP contribution is 2.22. The monoisotopic (exact) mass is 269 g/mol. The first-order valence-electron chi connectivity index (χ1n) is 3.92. The Morgan fingerprint density at radius 1 is 1.40 bits per heavy atom. The van der Waals surface area contributed by atoms with Gasteiger partial charge in [-0.25, -0.2) is 5.10 Å². The molecule has 2 aromatic rings. The van der Waals surface area contributed by atoms with Gasteiger partial charge in [0, 0.05) is 17.5 Å². The quantitative estimate of drug-likeness (QED) is 0.629. The van der Waals surface area contributed by atoms with Gasteiger partial charge in [-0.1, -0.05) is 0 Å². The number of nitro benzene ring substituents is 1. The lowest BCUT2D eigenvalue weighted by atomic mass is 10.2. The minimum absolute atomic E-state index is 0.0735. The molecule has 0 spiro atoms. The van der Waals surface area contributed by atoms with Gasteiger partial charge in [0.2, 0.25) is 0 Å². The van der Waals surface area contributed by atoms with Gasteiger partial charge in [0.1, 0.15) is 4.60 Å². The molecule has 7 heteroatoms. The second-order valence-electron chi connectivity index (χ2n) is 2.83. The van der Waals surface area contributed by atoms with Crippen LogP contribution < -0.4 is 5.56 Å². The van der Waals surface area contributed by atoms with Gasteiger partial charge in [-0.2, -0.15) is 5.10 Å². The van der Waals surface area contributed by atoms with E-state index in [1.807, 2.05) is 0 Å². The number of hydrogen-bond donors (Lipinski definition) is 1. The van der Waals surface area contributed by atoms with E-state index in [0.29, 0.717) is 15.4 Å². The molecule has 2 rings (SSSR count). The Bertz CT molecular complexity index is 608. The first-order valence-corrected chi connectivity index (χ1v) is 4.71. The third-order valence-electron chi connectivity index (χ3n) is 1.94. The zero-order valence-corrected chi connectivity index (χ0v) is 8.82. The van der Waals surface area contributed by atoms with E-state index in [1.165, 1.54) is 18.2 Å². The van der Waals surface area contributed by atoms with Crippen molar-refractivity contribution in [1.82, 2.24) is 10.2 Å². The van der Waals surface area contributed by atoms with Gasteiger partial charge in [0.25, 0.3) is 11.2 Å². The molecule has 0 unspecified atom stereocenters. The van der Waals surface area contributed by atoms with E-state index in [2.05, 4.69) is 26.1 Å². The van der Waals surface area contributed by atoms with Gasteiger partial charge in [-0.15, -0.1) is 0 Å². The highest BCUT2D eigenvalue weighted by Gasteiger charge is 2.10. The Morgan fingerprint density at radius 3 is 2.80 bits per heavy atom. The molecule has 0 bridgehead atoms. The molecule has 0 radical (unpaired) electrons. The SMILES string of the molecule is O=c1[nH]nc(Br)c2cc([N+](=O)[O-])ccc12. The maximum Gasteiger partial charge on any atom is 0.272 e. The van der Waals surface area contributed by atoms with E-state index in [0.717, 1.165) is 0 Å². The minimum atomic E-state index is -0.521. The first kappa shape index (κ1) is 9.78. The summed E-state index contributed by atoms with van der Waals surface area (Å²) in [5, 5.41) is 17.2. The Labute approximate surface area is 91.2 Å². The molecule has 0 saturated heterocycles. The van der Waals surface area contributed by atoms with E-state index in [1.54, 1.807) is 0 Å². The Balaban J connectivity index is 2.87. The summed E-state index contributed by atoms with van der Waals surface area (Å²) in [6.45, 7) is 0. The average Bonchev–Trinajstić information content (AvgIpc) is 2.23. The number of aromatic amines is 1. The fraction of sp³-hybridized carbons (Fsp3) is 0. The van der Waals surface area contributed by atoms with Gasteiger partial charge >= 0.3 is 0 Å². The van der Waals surface area contributed by atoms with Crippen LogP contribution in [0.4, 0.5) is 5.69 Å². The summed E-state index contributed by atoms with van der Waals surface area (Å²) in [4.78, 5) is 21.3. The van der Waals surface area contributed by atoms with E-state index in [-0.39, 0.29) is 11.2 Å². The molecule has 0 aliphatic rings. The van der Waals surface area contributed by atoms with Crippen LogP contribution in [-0.4, -0.2) is 15.1 Å². The van der Waals surface area contributed by atoms with E-state index in [9.17, 15) is 14.9 Å². The maximum absolute atomic E-state index is 11.3. The predicted octanol–water partition coefficient (Wildman–Crippen LogP) is 1.59. The van der Waals surface area contributed by atoms with Crippen molar-refractivity contribution in [2.75, 3.05) is 0 Å². The average molecular weight is 270 g/mol. The smallest absolute Gasteiger partial charge is 0.267 e. The Morgan fingerprint density at radius 2 is 2.13 bits per heavy atom. The lowest BCUT2D eigenvalue weighted by Gasteiger charge is -1.98. The fourth-order valence-electron chi connectivity index (χ4n) is 1.23. The van der Waals surface area contributed by atoms with Crippen molar-refractivity contribution in [3.63, 3.8) is 0 Å². The molecule has 76 valence electrons. The summed E-state index contributed by atoms with van der Waals surface area (Å²) in [6, 6.07) is 3.99. The molecule has 0 amide bonds. The number of rotatable bonds is 1. The normalized spacial score (nSPS) is 10.5. The lowest BCUT2D eigenvalue weighted by Crippen LogP contribution is -2.08. The van der Waals surface area contributed by atoms with E-state index >= 15 is 0 Å². The van der Waals surface area contributed by atoms with Crippen molar-refractivity contribution in [1.29, 1.82) is 0 Å². The molecular weight excluding hydrogens is 266 g/mol. The molecule has 0 atom stereocenters. The summed E-state index contributed by atoms with van der Waals surface area (Å²) in [6.07, 6.45) is 0. The number of non-ortho nitro benzene ring substituents is 1. The highest BCUT2D eigenvalue weighted by atomic mass is 79.9. The molecule has 1 aromatic carbocycles. The Kier molecular flexibility index (Phi) is 2.24. The molecule has 0 aliphatic heterocycles. The van der Waals surface area contributed by atoms with Crippen LogP contribution in [-0.2, 0) is 0 Å². The molecule has 6 nitrogen and oxygen atoms in total. The molecule has 0 saturated carbocycles. The lowest BCUT2D eigenvalue weighted by molar-refractivity contribution is -0.384. The predicted molar refractivity (Wildman–Crippen MR) is 56.7 cm³/mol. The molecular formula is C8H4BrN3O3. The van der Waals surface area contributed by atoms with Crippen molar-refractivity contribution in [3.05, 3.63) is 43.3 Å². The van der Waals surface area contributed by atoms with Crippen LogP contribution in [0, 0.1) is 10.1 Å². The number of nitrogens with one attached hydrogen (secondary N) is 1. The summed E-state index contributed by atoms with van der Waals surface area (Å²) in [5.74, 6) is 0. The molecule has 0 aliphatic carbocycles. The number of nitrogens with zero attached hydrogens (tertiary/aromatic N) is 2.